The van der Waals surface area contributed by atoms with Gasteiger partial charge in [0.2, 0.25) is 5.91 Å². The predicted molar refractivity (Wildman–Crippen MR) is 140 cm³/mol. The second-order valence-corrected chi connectivity index (χ2v) is 9.84. The molecule has 0 heterocycles. The number of aryl methyl sites for hydroxylation is 1. The van der Waals surface area contributed by atoms with Crippen LogP contribution in [0.1, 0.15) is 56.2 Å². The first kappa shape index (κ1) is 32.0. The van der Waals surface area contributed by atoms with Crippen molar-refractivity contribution in [3.05, 3.63) is 70.8 Å². The highest BCUT2D eigenvalue weighted by molar-refractivity contribution is 5.85. The summed E-state index contributed by atoms with van der Waals surface area (Å²) < 4.78 is 56.3. The molecule has 0 spiro atoms. The van der Waals surface area contributed by atoms with E-state index in [0.717, 1.165) is 29.7 Å². The number of unbranched alkanes of at least 4 members (excludes halogenated alkanes) is 1. The molecular weight excluding hydrogens is 518 g/mol. The van der Waals surface area contributed by atoms with Crippen LogP contribution >= 0.6 is 0 Å². The summed E-state index contributed by atoms with van der Waals surface area (Å²) in [6.45, 7) is 3.46. The summed E-state index contributed by atoms with van der Waals surface area (Å²) in [4.78, 5) is 24.0. The molecule has 0 aliphatic heterocycles. The summed E-state index contributed by atoms with van der Waals surface area (Å²) in [5, 5.41) is 27.7. The fraction of sp³-hybridized carbons (Fsp3) is 0.500. The van der Waals surface area contributed by atoms with E-state index in [9.17, 15) is 32.3 Å². The van der Waals surface area contributed by atoms with Crippen LogP contribution in [0.5, 0.6) is 0 Å². The average Bonchev–Trinajstić information content (AvgIpc) is 2.85. The lowest BCUT2D eigenvalue weighted by Crippen LogP contribution is -2.55. The summed E-state index contributed by atoms with van der Waals surface area (Å²) in [5.41, 5.74) is 0.360. The van der Waals surface area contributed by atoms with Crippen LogP contribution in [-0.2, 0) is 24.2 Å². The minimum absolute atomic E-state index is 0.116. The van der Waals surface area contributed by atoms with Gasteiger partial charge >= 0.3 is 6.09 Å². The first-order valence-corrected chi connectivity index (χ1v) is 13.0. The highest BCUT2D eigenvalue weighted by Crippen LogP contribution is 2.27. The third kappa shape index (κ3) is 11.6. The number of alkyl halides is 2. The Kier molecular flexibility index (Phi) is 12.2. The van der Waals surface area contributed by atoms with Gasteiger partial charge in [-0.25, -0.2) is 22.4 Å². The Balaban J connectivity index is 2.17. The van der Waals surface area contributed by atoms with Crippen LogP contribution in [0.4, 0.5) is 22.4 Å². The Morgan fingerprint density at radius 2 is 1.64 bits per heavy atom. The molecule has 2 aromatic carbocycles. The summed E-state index contributed by atoms with van der Waals surface area (Å²) in [6, 6.07) is 8.74. The predicted octanol–water partition coefficient (Wildman–Crippen LogP) is 4.56. The van der Waals surface area contributed by atoms with E-state index < -0.39 is 60.6 Å². The van der Waals surface area contributed by atoms with Crippen LogP contribution in [0.2, 0.25) is 0 Å². The number of carbonyl (C=O) groups is 2. The number of aliphatic hydroxyl groups is 1. The lowest BCUT2D eigenvalue weighted by Gasteiger charge is -2.30. The molecule has 7 nitrogen and oxygen atoms in total. The summed E-state index contributed by atoms with van der Waals surface area (Å²) in [5.74, 6) is -6.03. The second kappa shape index (κ2) is 14.8. The monoisotopic (exact) mass is 555 g/mol. The number of hydrogen-bond acceptors (Lipinski definition) is 4. The van der Waals surface area contributed by atoms with Crippen molar-refractivity contribution in [3.63, 3.8) is 0 Å². The maximum Gasteiger partial charge on any atom is 0.405 e. The molecule has 0 fully saturated rings. The van der Waals surface area contributed by atoms with Gasteiger partial charge in [0.1, 0.15) is 17.7 Å². The first-order chi connectivity index (χ1) is 18.3. The maximum absolute atomic E-state index is 14.3. The van der Waals surface area contributed by atoms with Crippen molar-refractivity contribution >= 4 is 12.0 Å². The van der Waals surface area contributed by atoms with Gasteiger partial charge in [0, 0.05) is 45.0 Å². The van der Waals surface area contributed by atoms with Gasteiger partial charge in [0.05, 0.1) is 5.60 Å². The second-order valence-electron chi connectivity index (χ2n) is 9.84. The molecule has 2 amide bonds. The van der Waals surface area contributed by atoms with E-state index in [1.54, 1.807) is 6.92 Å². The van der Waals surface area contributed by atoms with Gasteiger partial charge in [-0.3, -0.25) is 4.79 Å². The number of halogens is 4. The molecule has 2 atom stereocenters. The van der Waals surface area contributed by atoms with Gasteiger partial charge in [-0.15, -0.1) is 0 Å². The highest BCUT2D eigenvalue weighted by atomic mass is 19.3. The molecule has 0 saturated carbocycles. The van der Waals surface area contributed by atoms with E-state index in [2.05, 4.69) is 10.6 Å². The van der Waals surface area contributed by atoms with E-state index in [4.69, 9.17) is 5.11 Å². The highest BCUT2D eigenvalue weighted by Gasteiger charge is 2.37. The van der Waals surface area contributed by atoms with Gasteiger partial charge in [0.15, 0.2) is 0 Å². The molecule has 0 aliphatic rings. The van der Waals surface area contributed by atoms with E-state index in [1.165, 1.54) is 0 Å². The Morgan fingerprint density at radius 1 is 0.974 bits per heavy atom. The third-order valence-electron chi connectivity index (χ3n) is 6.24. The topological polar surface area (TPSA) is 111 Å². The summed E-state index contributed by atoms with van der Waals surface area (Å²) >= 11 is 0. The van der Waals surface area contributed by atoms with E-state index >= 15 is 0 Å². The number of hydrogen-bond donors (Lipinski definition) is 5. The molecule has 2 aromatic rings. The smallest absolute Gasteiger partial charge is 0.405 e. The minimum atomic E-state index is -3.29. The largest absolute Gasteiger partial charge is 0.465 e. The molecule has 0 radical (unpaired) electrons. The van der Waals surface area contributed by atoms with Gasteiger partial charge in [-0.05, 0) is 41.7 Å². The van der Waals surface area contributed by atoms with Gasteiger partial charge in [-0.1, -0.05) is 44.5 Å². The van der Waals surface area contributed by atoms with Gasteiger partial charge in [-0.2, -0.15) is 0 Å². The SMILES string of the molecule is CCCCC(F)(F)C[C@H](NC(=O)O)C(=O)NCC(O)(CNCc1cccc(CC)c1)Cc1cc(F)cc(F)c1. The van der Waals surface area contributed by atoms with Gasteiger partial charge < -0.3 is 26.2 Å². The molecule has 216 valence electrons. The van der Waals surface area contributed by atoms with Crippen LogP contribution < -0.4 is 16.0 Å². The molecule has 0 saturated heterocycles. The third-order valence-corrected chi connectivity index (χ3v) is 6.24. The van der Waals surface area contributed by atoms with Crippen LogP contribution in [0.25, 0.3) is 0 Å². The first-order valence-electron chi connectivity index (χ1n) is 13.0. The zero-order valence-corrected chi connectivity index (χ0v) is 22.2. The molecule has 5 N–H and O–H groups in total. The van der Waals surface area contributed by atoms with Crippen LogP contribution in [0, 0.1) is 11.6 Å². The van der Waals surface area contributed by atoms with Crippen molar-refractivity contribution < 1.29 is 37.4 Å². The molecule has 0 bridgehead atoms. The molecular formula is C28H37F4N3O4. The number of carbonyl (C=O) groups excluding carboxylic acids is 1. The summed E-state index contributed by atoms with van der Waals surface area (Å²) in [7, 11) is 0. The summed E-state index contributed by atoms with van der Waals surface area (Å²) in [6.07, 6.45) is -1.96. The number of rotatable bonds is 16. The van der Waals surface area contributed by atoms with Crippen molar-refractivity contribution in [3.8, 4) is 0 Å². The average molecular weight is 556 g/mol. The Labute approximate surface area is 226 Å². The van der Waals surface area contributed by atoms with E-state index in [1.807, 2.05) is 36.5 Å². The zero-order chi connectivity index (χ0) is 29.1. The molecule has 0 aromatic heterocycles. The number of nitrogens with one attached hydrogen (secondary N) is 3. The van der Waals surface area contributed by atoms with E-state index in [-0.39, 0.29) is 24.9 Å². The molecule has 1 unspecified atom stereocenters. The minimum Gasteiger partial charge on any atom is -0.465 e. The van der Waals surface area contributed by atoms with Crippen molar-refractivity contribution in [1.29, 1.82) is 0 Å². The molecule has 2 rings (SSSR count). The van der Waals surface area contributed by atoms with Crippen molar-refractivity contribution in [2.24, 2.45) is 0 Å². The van der Waals surface area contributed by atoms with Crippen molar-refractivity contribution in [2.45, 2.75) is 76.5 Å². The normalized spacial score (nSPS) is 13.9. The number of carboxylic acid groups (broad SMARTS) is 1. The van der Waals surface area contributed by atoms with Gasteiger partial charge in [0.25, 0.3) is 5.92 Å². The Morgan fingerprint density at radius 3 is 2.26 bits per heavy atom. The maximum atomic E-state index is 14.3. The fourth-order valence-corrected chi connectivity index (χ4v) is 4.25. The Bertz CT molecular complexity index is 1080. The Hall–Kier alpha value is -3.18. The zero-order valence-electron chi connectivity index (χ0n) is 22.2. The fourth-order valence-electron chi connectivity index (χ4n) is 4.25. The van der Waals surface area contributed by atoms with Crippen molar-refractivity contribution in [2.75, 3.05) is 13.1 Å². The van der Waals surface area contributed by atoms with E-state index in [0.29, 0.717) is 19.0 Å². The quantitative estimate of drug-likeness (QED) is 0.195. The molecule has 11 heteroatoms. The van der Waals surface area contributed by atoms with Crippen LogP contribution in [0.3, 0.4) is 0 Å². The van der Waals surface area contributed by atoms with Crippen LogP contribution in [-0.4, -0.2) is 52.9 Å². The number of amides is 2. The molecule has 0 aliphatic carbocycles. The van der Waals surface area contributed by atoms with Crippen molar-refractivity contribution in [1.82, 2.24) is 16.0 Å². The number of benzene rings is 2. The lowest BCUT2D eigenvalue weighted by molar-refractivity contribution is -0.127. The standard InChI is InChI=1S/C28H37F4N3O4/c1-3-5-9-28(31,32)15-24(35-26(37)38)25(36)34-18-27(39,14-21-11-22(29)13-23(30)12-21)17-33-16-20-8-6-7-19(4-2)10-20/h6-8,10-13,24,33,35,39H,3-5,9,14-18H2,1-2H3,(H,34,36)(H,37,38)/t24-,27?/m0/s1. The van der Waals surface area contributed by atoms with Crippen LogP contribution in [0.15, 0.2) is 42.5 Å². The lowest BCUT2D eigenvalue weighted by atomic mass is 9.93. The molecule has 39 heavy (non-hydrogen) atoms.